The molecule has 0 radical (unpaired) electrons. The van der Waals surface area contributed by atoms with Gasteiger partial charge in [-0.3, -0.25) is 4.79 Å². The van der Waals surface area contributed by atoms with Gasteiger partial charge in [0.25, 0.3) is 11.8 Å². The van der Waals surface area contributed by atoms with E-state index < -0.39 is 30.7 Å². The van der Waals surface area contributed by atoms with Crippen LogP contribution in [0.2, 0.25) is 0 Å². The normalized spacial score (nSPS) is 23.1. The van der Waals surface area contributed by atoms with Crippen LogP contribution in [0, 0.1) is 0 Å². The molecule has 1 fully saturated rings. The van der Waals surface area contributed by atoms with E-state index in [4.69, 9.17) is 0 Å². The topological polar surface area (TPSA) is 20.3 Å². The smallest absolute Gasteiger partial charge is 0.282 e. The maximum atomic E-state index is 13.6. The summed E-state index contributed by atoms with van der Waals surface area (Å²) < 4.78 is 38.8. The van der Waals surface area contributed by atoms with E-state index in [0.717, 1.165) is 10.5 Å². The van der Waals surface area contributed by atoms with Crippen molar-refractivity contribution < 1.29 is 18.0 Å². The lowest BCUT2D eigenvalue weighted by atomic mass is 10.1. The Hall–Kier alpha value is -1.52. The summed E-state index contributed by atoms with van der Waals surface area (Å²) >= 11 is 0. The SMILES string of the molecule is CC1=CC(C(=O)N2CC(F)(F)C2)=C(F)C=CC1. The number of alkyl halides is 2. The lowest BCUT2D eigenvalue weighted by molar-refractivity contribution is -0.161. The highest BCUT2D eigenvalue weighted by molar-refractivity contribution is 5.98. The number of rotatable bonds is 1. The van der Waals surface area contributed by atoms with E-state index in [2.05, 4.69) is 0 Å². The highest BCUT2D eigenvalue weighted by atomic mass is 19.3. The van der Waals surface area contributed by atoms with Gasteiger partial charge in [0.05, 0.1) is 18.7 Å². The molecule has 0 unspecified atom stereocenters. The number of halogens is 3. The largest absolute Gasteiger partial charge is 0.326 e. The number of hydrogen-bond acceptors (Lipinski definition) is 1. The Morgan fingerprint density at radius 2 is 2.06 bits per heavy atom. The van der Waals surface area contributed by atoms with Gasteiger partial charge in [0.2, 0.25) is 0 Å². The first-order chi connectivity index (χ1) is 7.89. The van der Waals surface area contributed by atoms with E-state index in [1.165, 1.54) is 12.2 Å². The average molecular weight is 243 g/mol. The first-order valence-electron chi connectivity index (χ1n) is 5.30. The summed E-state index contributed by atoms with van der Waals surface area (Å²) in [6.45, 7) is 0.513. The summed E-state index contributed by atoms with van der Waals surface area (Å²) in [6, 6.07) is 0. The zero-order valence-corrected chi connectivity index (χ0v) is 9.34. The van der Waals surface area contributed by atoms with Crippen LogP contribution in [0.1, 0.15) is 13.3 Å². The van der Waals surface area contributed by atoms with Crippen LogP contribution in [-0.2, 0) is 4.79 Å². The molecule has 0 aromatic heterocycles. The van der Waals surface area contributed by atoms with E-state index in [9.17, 15) is 18.0 Å². The quantitative estimate of drug-likeness (QED) is 0.693. The molecule has 17 heavy (non-hydrogen) atoms. The first-order valence-corrected chi connectivity index (χ1v) is 5.30. The Labute approximate surface area is 97.1 Å². The van der Waals surface area contributed by atoms with Gasteiger partial charge >= 0.3 is 0 Å². The van der Waals surface area contributed by atoms with Crippen molar-refractivity contribution in [3.63, 3.8) is 0 Å². The second-order valence-corrected chi connectivity index (χ2v) is 4.38. The van der Waals surface area contributed by atoms with Crippen LogP contribution in [0.25, 0.3) is 0 Å². The fourth-order valence-electron chi connectivity index (χ4n) is 1.80. The molecule has 0 N–H and O–H groups in total. The highest BCUT2D eigenvalue weighted by Crippen LogP contribution is 2.30. The lowest BCUT2D eigenvalue weighted by Crippen LogP contribution is -2.58. The monoisotopic (exact) mass is 243 g/mol. The van der Waals surface area contributed by atoms with Crippen LogP contribution < -0.4 is 0 Å². The molecule has 2 aliphatic rings. The zero-order valence-electron chi connectivity index (χ0n) is 9.34. The second kappa shape index (κ2) is 4.05. The summed E-state index contributed by atoms with van der Waals surface area (Å²) in [4.78, 5) is 12.7. The second-order valence-electron chi connectivity index (χ2n) is 4.38. The molecule has 0 spiro atoms. The molecule has 92 valence electrons. The van der Waals surface area contributed by atoms with Crippen molar-refractivity contribution in [1.29, 1.82) is 0 Å². The molecule has 0 aromatic carbocycles. The van der Waals surface area contributed by atoms with E-state index in [1.807, 2.05) is 0 Å². The summed E-state index contributed by atoms with van der Waals surface area (Å²) in [5.41, 5.74) is 0.691. The molecule has 2 rings (SSSR count). The predicted molar refractivity (Wildman–Crippen MR) is 57.2 cm³/mol. The summed E-state index contributed by atoms with van der Waals surface area (Å²) in [7, 11) is 0. The van der Waals surface area contributed by atoms with Crippen molar-refractivity contribution in [1.82, 2.24) is 4.90 Å². The van der Waals surface area contributed by atoms with Gasteiger partial charge in [0.15, 0.2) is 0 Å². The fourth-order valence-corrected chi connectivity index (χ4v) is 1.80. The summed E-state index contributed by atoms with van der Waals surface area (Å²) in [6.07, 6.45) is 4.79. The maximum absolute atomic E-state index is 13.6. The van der Waals surface area contributed by atoms with Crippen LogP contribution in [0.4, 0.5) is 13.2 Å². The Bertz CT molecular complexity index is 441. The van der Waals surface area contributed by atoms with E-state index in [0.29, 0.717) is 6.42 Å². The first kappa shape index (κ1) is 12.0. The summed E-state index contributed by atoms with van der Waals surface area (Å²) in [5, 5.41) is 0. The van der Waals surface area contributed by atoms with E-state index >= 15 is 0 Å². The number of nitrogens with zero attached hydrogens (tertiary/aromatic N) is 1. The van der Waals surface area contributed by atoms with Crippen LogP contribution in [0.15, 0.2) is 35.2 Å². The number of amides is 1. The number of allylic oxidation sites excluding steroid dienone is 4. The predicted octanol–water partition coefficient (Wildman–Crippen LogP) is 2.59. The van der Waals surface area contributed by atoms with Gasteiger partial charge in [-0.25, -0.2) is 13.2 Å². The van der Waals surface area contributed by atoms with E-state index in [-0.39, 0.29) is 5.57 Å². The third kappa shape index (κ3) is 2.43. The maximum Gasteiger partial charge on any atom is 0.282 e. The van der Waals surface area contributed by atoms with Crippen molar-refractivity contribution in [2.24, 2.45) is 0 Å². The Kier molecular flexibility index (Phi) is 2.85. The molecule has 0 bridgehead atoms. The molecule has 1 amide bonds. The number of carbonyl (C=O) groups excluding carboxylic acids is 1. The molecular weight excluding hydrogens is 231 g/mol. The van der Waals surface area contributed by atoms with Gasteiger partial charge in [-0.2, -0.15) is 0 Å². The molecule has 1 saturated heterocycles. The minimum absolute atomic E-state index is 0.133. The average Bonchev–Trinajstić information content (AvgIpc) is 2.36. The third-order valence-corrected chi connectivity index (χ3v) is 2.71. The van der Waals surface area contributed by atoms with Crippen LogP contribution >= 0.6 is 0 Å². The van der Waals surface area contributed by atoms with Gasteiger partial charge in [-0.05, 0) is 25.5 Å². The fraction of sp³-hybridized carbons (Fsp3) is 0.417. The third-order valence-electron chi connectivity index (χ3n) is 2.71. The molecule has 1 heterocycles. The van der Waals surface area contributed by atoms with Crippen LogP contribution in [0.5, 0.6) is 0 Å². The Morgan fingerprint density at radius 1 is 1.41 bits per heavy atom. The molecule has 0 aromatic rings. The molecule has 0 atom stereocenters. The van der Waals surface area contributed by atoms with E-state index in [1.54, 1.807) is 13.0 Å². The lowest BCUT2D eigenvalue weighted by Gasteiger charge is -2.38. The van der Waals surface area contributed by atoms with Crippen molar-refractivity contribution in [3.05, 3.63) is 35.2 Å². The van der Waals surface area contributed by atoms with Gasteiger partial charge < -0.3 is 4.90 Å². The number of carbonyl (C=O) groups is 1. The Morgan fingerprint density at radius 3 is 2.65 bits per heavy atom. The Balaban J connectivity index is 2.19. The molecule has 1 aliphatic heterocycles. The highest BCUT2D eigenvalue weighted by Gasteiger charge is 2.46. The van der Waals surface area contributed by atoms with Gasteiger partial charge in [0, 0.05) is 0 Å². The molecule has 1 aliphatic carbocycles. The van der Waals surface area contributed by atoms with Gasteiger partial charge in [0.1, 0.15) is 5.83 Å². The molecule has 0 saturated carbocycles. The summed E-state index contributed by atoms with van der Waals surface area (Å²) in [5.74, 6) is -4.16. The molecule has 5 heteroatoms. The van der Waals surface area contributed by atoms with Crippen LogP contribution in [0.3, 0.4) is 0 Å². The van der Waals surface area contributed by atoms with Gasteiger partial charge in [-0.1, -0.05) is 11.6 Å². The zero-order chi connectivity index (χ0) is 12.6. The van der Waals surface area contributed by atoms with Crippen molar-refractivity contribution in [3.8, 4) is 0 Å². The minimum atomic E-state index is -2.83. The van der Waals surface area contributed by atoms with Crippen molar-refractivity contribution >= 4 is 5.91 Å². The number of likely N-dealkylation sites (tertiary alicyclic amines) is 1. The minimum Gasteiger partial charge on any atom is -0.326 e. The van der Waals surface area contributed by atoms with Crippen LogP contribution in [-0.4, -0.2) is 29.8 Å². The van der Waals surface area contributed by atoms with Crippen molar-refractivity contribution in [2.75, 3.05) is 13.1 Å². The van der Waals surface area contributed by atoms with Crippen molar-refractivity contribution in [2.45, 2.75) is 19.3 Å². The molecule has 2 nitrogen and oxygen atoms in total. The molecular formula is C12H12F3NO. The number of hydrogen-bond donors (Lipinski definition) is 0. The van der Waals surface area contributed by atoms with Gasteiger partial charge in [-0.15, -0.1) is 0 Å². The standard InChI is InChI=1S/C12H12F3NO/c1-8-3-2-4-10(13)9(5-8)11(17)16-6-12(14,15)7-16/h2,4-5H,3,6-7H2,1H3.